The van der Waals surface area contributed by atoms with Gasteiger partial charge in [0, 0.05) is 11.6 Å². The molecule has 0 bridgehead atoms. The molecule has 2 aromatic carbocycles. The van der Waals surface area contributed by atoms with Gasteiger partial charge in [0.2, 0.25) is 0 Å². The van der Waals surface area contributed by atoms with Gasteiger partial charge in [0.25, 0.3) is 0 Å². The van der Waals surface area contributed by atoms with Crippen LogP contribution in [0.25, 0.3) is 33.7 Å². The molecule has 1 aliphatic rings. The average Bonchev–Trinajstić information content (AvgIpc) is 3.27. The van der Waals surface area contributed by atoms with Crippen molar-refractivity contribution in [2.24, 2.45) is 0 Å². The molecular weight excluding hydrogens is 308 g/mol. The van der Waals surface area contributed by atoms with Crippen LogP contribution in [0.5, 0.6) is 0 Å². The molecule has 0 amide bonds. The lowest BCUT2D eigenvalue weighted by Gasteiger charge is -2.16. The Morgan fingerprint density at radius 1 is 0.840 bits per heavy atom. The third-order valence-corrected chi connectivity index (χ3v) is 5.28. The Morgan fingerprint density at radius 3 is 2.28 bits per heavy atom. The second kappa shape index (κ2) is 5.66. The summed E-state index contributed by atoms with van der Waals surface area (Å²) in [5.41, 5.74) is 5.93. The zero-order valence-electron chi connectivity index (χ0n) is 14.3. The second-order valence-electron chi connectivity index (χ2n) is 6.92. The molecule has 1 fully saturated rings. The number of imidazole rings is 1. The molecule has 5 rings (SSSR count). The minimum atomic E-state index is 0.468. The highest BCUT2D eigenvalue weighted by molar-refractivity contribution is 5.85. The largest absolute Gasteiger partial charge is 0.304 e. The van der Waals surface area contributed by atoms with E-state index in [9.17, 15) is 0 Å². The molecule has 4 nitrogen and oxygen atoms in total. The third kappa shape index (κ3) is 2.32. The van der Waals surface area contributed by atoms with E-state index in [2.05, 4.69) is 35.8 Å². The van der Waals surface area contributed by atoms with Crippen molar-refractivity contribution in [3.8, 4) is 11.4 Å². The van der Waals surface area contributed by atoms with Crippen molar-refractivity contribution in [1.82, 2.24) is 19.5 Å². The Hall–Kier alpha value is -2.75. The molecular formula is C21H20N4. The van der Waals surface area contributed by atoms with E-state index in [0.717, 1.165) is 28.2 Å². The predicted molar refractivity (Wildman–Crippen MR) is 101 cm³/mol. The maximum absolute atomic E-state index is 4.94. The lowest BCUT2D eigenvalue weighted by Crippen LogP contribution is -2.08. The van der Waals surface area contributed by atoms with Crippen molar-refractivity contribution in [2.45, 2.75) is 38.6 Å². The van der Waals surface area contributed by atoms with Crippen molar-refractivity contribution in [3.05, 3.63) is 54.1 Å². The summed E-state index contributed by atoms with van der Waals surface area (Å²) in [6.07, 6.45) is 4.94. The number of aromatic nitrogens is 4. The van der Waals surface area contributed by atoms with Crippen molar-refractivity contribution in [1.29, 1.82) is 0 Å². The number of benzene rings is 2. The van der Waals surface area contributed by atoms with Crippen molar-refractivity contribution < 1.29 is 0 Å². The first-order valence-electron chi connectivity index (χ1n) is 9.02. The van der Waals surface area contributed by atoms with Gasteiger partial charge in [-0.3, -0.25) is 0 Å². The normalized spacial score (nSPS) is 15.4. The first-order valence-corrected chi connectivity index (χ1v) is 9.02. The first kappa shape index (κ1) is 14.6. The average molecular weight is 328 g/mol. The van der Waals surface area contributed by atoms with Gasteiger partial charge in [-0.1, -0.05) is 49.2 Å². The summed E-state index contributed by atoms with van der Waals surface area (Å²) in [6.45, 7) is 2.14. The summed E-state index contributed by atoms with van der Waals surface area (Å²) in [5.74, 6) is 1.01. The summed E-state index contributed by atoms with van der Waals surface area (Å²) >= 11 is 0. The lowest BCUT2D eigenvalue weighted by molar-refractivity contribution is 0.534. The highest BCUT2D eigenvalue weighted by atomic mass is 15.2. The molecule has 0 spiro atoms. The molecule has 0 atom stereocenters. The molecule has 4 heteroatoms. The molecule has 25 heavy (non-hydrogen) atoms. The summed E-state index contributed by atoms with van der Waals surface area (Å²) in [7, 11) is 0. The molecule has 124 valence electrons. The van der Waals surface area contributed by atoms with Crippen LogP contribution in [-0.4, -0.2) is 19.5 Å². The van der Waals surface area contributed by atoms with Crippen molar-refractivity contribution in [2.75, 3.05) is 0 Å². The molecule has 2 heterocycles. The number of aryl methyl sites for hydroxylation is 1. The topological polar surface area (TPSA) is 43.6 Å². The molecule has 0 saturated heterocycles. The van der Waals surface area contributed by atoms with Gasteiger partial charge in [-0.15, -0.1) is 0 Å². The van der Waals surface area contributed by atoms with E-state index >= 15 is 0 Å². The Kier molecular flexibility index (Phi) is 3.30. The molecule has 0 aliphatic heterocycles. The minimum Gasteiger partial charge on any atom is -0.304 e. The van der Waals surface area contributed by atoms with Crippen molar-refractivity contribution >= 4 is 22.3 Å². The SMILES string of the molecule is Cc1ccccc1-c1nc2nc3ccccc3nc2n1C1CCCC1. The van der Waals surface area contributed by atoms with Crippen LogP contribution in [0.15, 0.2) is 48.5 Å². The second-order valence-corrected chi connectivity index (χ2v) is 6.92. The molecule has 4 aromatic rings. The number of hydrogen-bond donors (Lipinski definition) is 0. The number of fused-ring (bicyclic) bond motifs is 2. The van der Waals surface area contributed by atoms with Crippen LogP contribution in [-0.2, 0) is 0 Å². The molecule has 0 N–H and O–H groups in total. The minimum absolute atomic E-state index is 0.468. The summed E-state index contributed by atoms with van der Waals surface area (Å²) < 4.78 is 2.35. The van der Waals surface area contributed by atoms with Crippen LogP contribution in [0.4, 0.5) is 0 Å². The van der Waals surface area contributed by atoms with Gasteiger partial charge in [0.05, 0.1) is 11.0 Å². The number of hydrogen-bond acceptors (Lipinski definition) is 3. The van der Waals surface area contributed by atoms with E-state index in [1.807, 2.05) is 24.3 Å². The van der Waals surface area contributed by atoms with E-state index < -0.39 is 0 Å². The van der Waals surface area contributed by atoms with Crippen LogP contribution in [0.1, 0.15) is 37.3 Å². The Bertz CT molecular complexity index is 1070. The van der Waals surface area contributed by atoms with Gasteiger partial charge >= 0.3 is 0 Å². The zero-order chi connectivity index (χ0) is 16.8. The van der Waals surface area contributed by atoms with Gasteiger partial charge in [0.1, 0.15) is 5.82 Å². The summed E-state index contributed by atoms with van der Waals surface area (Å²) in [6, 6.07) is 17.0. The van der Waals surface area contributed by atoms with E-state index in [1.165, 1.54) is 36.8 Å². The fourth-order valence-electron chi connectivity index (χ4n) is 3.99. The van der Waals surface area contributed by atoms with E-state index in [0.29, 0.717) is 6.04 Å². The fourth-order valence-corrected chi connectivity index (χ4v) is 3.99. The first-order chi connectivity index (χ1) is 12.3. The number of nitrogens with zero attached hydrogens (tertiary/aromatic N) is 4. The number of rotatable bonds is 2. The van der Waals surface area contributed by atoms with Crippen molar-refractivity contribution in [3.63, 3.8) is 0 Å². The van der Waals surface area contributed by atoms with Gasteiger partial charge in [-0.05, 0) is 37.5 Å². The Labute approximate surface area is 146 Å². The molecule has 0 unspecified atom stereocenters. The van der Waals surface area contributed by atoms with E-state index in [4.69, 9.17) is 15.0 Å². The van der Waals surface area contributed by atoms with Crippen LogP contribution in [0.3, 0.4) is 0 Å². The van der Waals surface area contributed by atoms with Gasteiger partial charge in [0.15, 0.2) is 11.3 Å². The number of para-hydroxylation sites is 2. The molecule has 1 saturated carbocycles. The highest BCUT2D eigenvalue weighted by Gasteiger charge is 2.25. The van der Waals surface area contributed by atoms with E-state index in [-0.39, 0.29) is 0 Å². The van der Waals surface area contributed by atoms with E-state index in [1.54, 1.807) is 0 Å². The Morgan fingerprint density at radius 2 is 1.52 bits per heavy atom. The van der Waals surface area contributed by atoms with Crippen LogP contribution >= 0.6 is 0 Å². The summed E-state index contributed by atoms with van der Waals surface area (Å²) in [5, 5.41) is 0. The smallest absolute Gasteiger partial charge is 0.198 e. The van der Waals surface area contributed by atoms with Crippen LogP contribution in [0.2, 0.25) is 0 Å². The monoisotopic (exact) mass is 328 g/mol. The van der Waals surface area contributed by atoms with Gasteiger partial charge < -0.3 is 4.57 Å². The zero-order valence-corrected chi connectivity index (χ0v) is 14.3. The van der Waals surface area contributed by atoms with Crippen LogP contribution in [0, 0.1) is 6.92 Å². The quantitative estimate of drug-likeness (QED) is 0.516. The maximum atomic E-state index is 4.94. The summed E-state index contributed by atoms with van der Waals surface area (Å²) in [4.78, 5) is 14.7. The molecule has 2 aromatic heterocycles. The predicted octanol–water partition coefficient (Wildman–Crippen LogP) is 5.07. The molecule has 1 aliphatic carbocycles. The third-order valence-electron chi connectivity index (χ3n) is 5.28. The van der Waals surface area contributed by atoms with Gasteiger partial charge in [-0.2, -0.15) is 0 Å². The van der Waals surface area contributed by atoms with Gasteiger partial charge in [-0.25, -0.2) is 15.0 Å². The lowest BCUT2D eigenvalue weighted by atomic mass is 10.1. The van der Waals surface area contributed by atoms with Crippen LogP contribution < -0.4 is 0 Å². The standard InChI is InChI=1S/C21H20N4/c1-14-8-2-5-11-16(14)20-24-19-21(25(20)15-9-3-4-10-15)23-18-13-7-6-12-17(18)22-19/h2,5-8,11-13,15H,3-4,9-10H2,1H3. The Balaban J connectivity index is 1.85. The highest BCUT2D eigenvalue weighted by Crippen LogP contribution is 2.37. The molecule has 0 radical (unpaired) electrons. The fraction of sp³-hybridized carbons (Fsp3) is 0.286. The maximum Gasteiger partial charge on any atom is 0.198 e.